The molecular weight excluding hydrogens is 280 g/mol. The van der Waals surface area contributed by atoms with Gasteiger partial charge in [0, 0.05) is 6.42 Å². The number of aromatic nitrogens is 2. The number of benzene rings is 1. The summed E-state index contributed by atoms with van der Waals surface area (Å²) in [5.41, 5.74) is 1.21. The molecule has 2 heterocycles. The fourth-order valence-electron chi connectivity index (χ4n) is 2.26. The van der Waals surface area contributed by atoms with Gasteiger partial charge in [-0.15, -0.1) is 0 Å². The van der Waals surface area contributed by atoms with Crippen LogP contribution in [0.3, 0.4) is 0 Å². The molecule has 0 radical (unpaired) electrons. The molecule has 0 aliphatic carbocycles. The van der Waals surface area contributed by atoms with Crippen LogP contribution in [0.25, 0.3) is 0 Å². The van der Waals surface area contributed by atoms with Gasteiger partial charge in [-0.25, -0.2) is 9.78 Å². The van der Waals surface area contributed by atoms with Crippen molar-refractivity contribution in [1.29, 1.82) is 0 Å². The predicted octanol–water partition coefficient (Wildman–Crippen LogP) is 3.22. The molecule has 0 saturated heterocycles. The summed E-state index contributed by atoms with van der Waals surface area (Å²) >= 11 is 0. The molecule has 0 bridgehead atoms. The smallest absolute Gasteiger partial charge is 0.356 e. The highest BCUT2D eigenvalue weighted by atomic mass is 16.5. The van der Waals surface area contributed by atoms with Crippen molar-refractivity contribution in [1.82, 2.24) is 9.55 Å². The van der Waals surface area contributed by atoms with Gasteiger partial charge in [-0.3, -0.25) is 0 Å². The number of nitrogens with zero attached hydrogens (tertiary/aromatic N) is 4. The minimum Gasteiger partial charge on any atom is -0.461 e. The van der Waals surface area contributed by atoms with E-state index in [-0.39, 0.29) is 17.7 Å². The minimum atomic E-state index is -0.371. The van der Waals surface area contributed by atoms with Gasteiger partial charge in [-0.05, 0) is 19.4 Å². The van der Waals surface area contributed by atoms with Crippen molar-refractivity contribution in [2.75, 3.05) is 6.61 Å². The minimum absolute atomic E-state index is 0.0113. The van der Waals surface area contributed by atoms with E-state index in [2.05, 4.69) is 15.2 Å². The second kappa shape index (κ2) is 5.71. The zero-order valence-corrected chi connectivity index (χ0v) is 12.6. The molecule has 1 atom stereocenters. The molecule has 0 spiro atoms. The lowest BCUT2D eigenvalue weighted by molar-refractivity contribution is 0.0476. The number of esters is 1. The summed E-state index contributed by atoms with van der Waals surface area (Å²) in [6, 6.07) is 9.98. The molecule has 0 saturated carbocycles. The highest BCUT2D eigenvalue weighted by Crippen LogP contribution is 2.30. The number of ether oxygens (including phenoxy) is 1. The van der Waals surface area contributed by atoms with Gasteiger partial charge in [0.05, 0.1) is 25.2 Å². The highest BCUT2D eigenvalue weighted by Gasteiger charge is 2.33. The van der Waals surface area contributed by atoms with Crippen molar-refractivity contribution in [3.05, 3.63) is 54.1 Å². The summed E-state index contributed by atoms with van der Waals surface area (Å²) in [5.74, 6) is -0.371. The maximum Gasteiger partial charge on any atom is 0.356 e. The lowest BCUT2D eigenvalue weighted by atomic mass is 10.1. The maximum absolute atomic E-state index is 12.2. The van der Waals surface area contributed by atoms with E-state index in [0.717, 1.165) is 5.56 Å². The third-order valence-corrected chi connectivity index (χ3v) is 3.82. The molecule has 0 fully saturated rings. The van der Waals surface area contributed by atoms with Crippen molar-refractivity contribution < 1.29 is 9.53 Å². The molecule has 0 N–H and O–H groups in total. The molecule has 22 heavy (non-hydrogen) atoms. The Morgan fingerprint density at radius 1 is 1.32 bits per heavy atom. The Morgan fingerprint density at radius 2 is 2.05 bits per heavy atom. The Labute approximate surface area is 128 Å². The van der Waals surface area contributed by atoms with Crippen molar-refractivity contribution in [2.24, 2.45) is 10.2 Å². The van der Waals surface area contributed by atoms with Crippen LogP contribution >= 0.6 is 0 Å². The molecular formula is C16H18N4O2. The van der Waals surface area contributed by atoms with E-state index in [1.54, 1.807) is 6.33 Å². The van der Waals surface area contributed by atoms with E-state index >= 15 is 0 Å². The highest BCUT2D eigenvalue weighted by molar-refractivity contribution is 5.87. The Bertz CT molecular complexity index is 687. The summed E-state index contributed by atoms with van der Waals surface area (Å²) in [5, 5.41) is 7.79. The molecule has 114 valence electrons. The van der Waals surface area contributed by atoms with Crippen LogP contribution in [0.5, 0.6) is 0 Å². The standard InChI is InChI=1S/C16H18N4O2/c1-12(13-6-4-3-5-7-13)20-11-17-10-14(20)15(21)22-9-8-16(2)18-19-16/h3-7,10-12H,8-9H2,1-2H3/t12-/m0/s1. The van der Waals surface area contributed by atoms with Crippen LogP contribution in [0.4, 0.5) is 0 Å². The summed E-state index contributed by atoms with van der Waals surface area (Å²) in [6.45, 7) is 4.23. The third kappa shape index (κ3) is 3.05. The van der Waals surface area contributed by atoms with Crippen molar-refractivity contribution in [2.45, 2.75) is 32.0 Å². The monoisotopic (exact) mass is 298 g/mol. The first kappa shape index (κ1) is 14.4. The number of hydrogen-bond acceptors (Lipinski definition) is 5. The van der Waals surface area contributed by atoms with E-state index in [9.17, 15) is 4.79 Å². The first-order valence-corrected chi connectivity index (χ1v) is 7.27. The molecule has 1 aromatic carbocycles. The quantitative estimate of drug-likeness (QED) is 0.769. The van der Waals surface area contributed by atoms with Crippen LogP contribution in [-0.2, 0) is 4.74 Å². The van der Waals surface area contributed by atoms with Crippen LogP contribution in [0.15, 0.2) is 53.1 Å². The van der Waals surface area contributed by atoms with Crippen LogP contribution in [0.2, 0.25) is 0 Å². The molecule has 6 heteroatoms. The van der Waals surface area contributed by atoms with Crippen LogP contribution in [-0.4, -0.2) is 27.8 Å². The van der Waals surface area contributed by atoms with Gasteiger partial charge in [-0.1, -0.05) is 30.3 Å². The Morgan fingerprint density at radius 3 is 2.73 bits per heavy atom. The third-order valence-electron chi connectivity index (χ3n) is 3.82. The largest absolute Gasteiger partial charge is 0.461 e. The fraction of sp³-hybridized carbons (Fsp3) is 0.375. The zero-order valence-electron chi connectivity index (χ0n) is 12.6. The first-order chi connectivity index (χ1) is 10.6. The normalized spacial score (nSPS) is 16.3. The average Bonchev–Trinajstić information content (AvgIpc) is 3.07. The second-order valence-electron chi connectivity index (χ2n) is 5.58. The van der Waals surface area contributed by atoms with Crippen LogP contribution in [0, 0.1) is 0 Å². The lowest BCUT2D eigenvalue weighted by Crippen LogP contribution is -2.17. The maximum atomic E-state index is 12.2. The van der Waals surface area contributed by atoms with Gasteiger partial charge in [0.25, 0.3) is 0 Å². The Balaban J connectivity index is 1.67. The molecule has 1 aromatic heterocycles. The van der Waals surface area contributed by atoms with Crippen LogP contribution < -0.4 is 0 Å². The summed E-state index contributed by atoms with van der Waals surface area (Å²) in [6.07, 6.45) is 3.80. The molecule has 1 aliphatic heterocycles. The first-order valence-electron chi connectivity index (χ1n) is 7.27. The molecule has 3 rings (SSSR count). The molecule has 6 nitrogen and oxygen atoms in total. The van der Waals surface area contributed by atoms with Gasteiger partial charge < -0.3 is 9.30 Å². The topological polar surface area (TPSA) is 68.8 Å². The van der Waals surface area contributed by atoms with E-state index in [1.807, 2.05) is 48.7 Å². The number of carbonyl (C=O) groups is 1. The average molecular weight is 298 g/mol. The molecule has 1 aliphatic rings. The fourth-order valence-corrected chi connectivity index (χ4v) is 2.26. The lowest BCUT2D eigenvalue weighted by Gasteiger charge is -2.16. The Hall–Kier alpha value is -2.50. The van der Waals surface area contributed by atoms with E-state index in [1.165, 1.54) is 6.20 Å². The molecule has 2 aromatic rings. The van der Waals surface area contributed by atoms with Crippen molar-refractivity contribution >= 4 is 5.97 Å². The van der Waals surface area contributed by atoms with E-state index in [4.69, 9.17) is 4.74 Å². The van der Waals surface area contributed by atoms with Crippen molar-refractivity contribution in [3.8, 4) is 0 Å². The van der Waals surface area contributed by atoms with Gasteiger partial charge in [0.15, 0.2) is 5.66 Å². The number of hydrogen-bond donors (Lipinski definition) is 0. The van der Waals surface area contributed by atoms with Gasteiger partial charge in [-0.2, -0.15) is 10.2 Å². The second-order valence-corrected chi connectivity index (χ2v) is 5.58. The Kier molecular flexibility index (Phi) is 3.75. The number of rotatable bonds is 6. The zero-order chi connectivity index (χ0) is 15.6. The van der Waals surface area contributed by atoms with E-state index in [0.29, 0.717) is 18.7 Å². The summed E-state index contributed by atoms with van der Waals surface area (Å²) in [4.78, 5) is 16.3. The predicted molar refractivity (Wildman–Crippen MR) is 80.6 cm³/mol. The molecule has 0 amide bonds. The summed E-state index contributed by atoms with van der Waals surface area (Å²) in [7, 11) is 0. The van der Waals surface area contributed by atoms with Crippen LogP contribution in [0.1, 0.15) is 42.4 Å². The summed E-state index contributed by atoms with van der Waals surface area (Å²) < 4.78 is 7.13. The van der Waals surface area contributed by atoms with E-state index < -0.39 is 0 Å². The van der Waals surface area contributed by atoms with Crippen molar-refractivity contribution in [3.63, 3.8) is 0 Å². The molecule has 0 unspecified atom stereocenters. The van der Waals surface area contributed by atoms with Gasteiger partial charge >= 0.3 is 5.97 Å². The van der Waals surface area contributed by atoms with Gasteiger partial charge in [0.1, 0.15) is 5.69 Å². The number of imidazole rings is 1. The van der Waals surface area contributed by atoms with Gasteiger partial charge in [0.2, 0.25) is 0 Å². The number of carbonyl (C=O) groups excluding carboxylic acids is 1. The SMILES string of the molecule is C[C@@H](c1ccccc1)n1cncc1C(=O)OCCC1(C)N=N1.